The van der Waals surface area contributed by atoms with Crippen molar-refractivity contribution in [2.45, 2.75) is 76.5 Å². The van der Waals surface area contributed by atoms with Crippen molar-refractivity contribution in [3.05, 3.63) is 32.3 Å². The highest BCUT2D eigenvalue weighted by Crippen LogP contribution is 2.50. The molecule has 3 aliphatic rings. The zero-order valence-corrected chi connectivity index (χ0v) is 18.1. The molecule has 1 N–H and O–H groups in total. The fourth-order valence-electron chi connectivity index (χ4n) is 4.28. The Bertz CT molecular complexity index is 1030. The van der Waals surface area contributed by atoms with E-state index in [0.29, 0.717) is 35.8 Å². The number of carbonyl (C=O) groups excluding carboxylic acids is 1. The smallest absolute Gasteiger partial charge is 0.331 e. The molecule has 3 aliphatic carbocycles. The van der Waals surface area contributed by atoms with Gasteiger partial charge in [-0.15, -0.1) is 11.3 Å². The molecular formula is C22H24N2O3S2. The number of carboxylic acid groups (broad SMARTS) is 1. The Hall–Kier alpha value is -1.86. The monoisotopic (exact) mass is 428 g/mol. The van der Waals surface area contributed by atoms with Gasteiger partial charge < -0.3 is 5.11 Å². The van der Waals surface area contributed by atoms with Crippen LogP contribution in [0, 0.1) is 6.92 Å². The summed E-state index contributed by atoms with van der Waals surface area (Å²) in [6.07, 6.45) is 7.87. The first kappa shape index (κ1) is 19.1. The van der Waals surface area contributed by atoms with Crippen LogP contribution in [0.3, 0.4) is 0 Å². The van der Waals surface area contributed by atoms with E-state index < -0.39 is 5.97 Å². The number of thiophene rings is 1. The van der Waals surface area contributed by atoms with Crippen molar-refractivity contribution >= 4 is 34.6 Å². The lowest BCUT2D eigenvalue weighted by Gasteiger charge is -2.16. The Morgan fingerprint density at radius 2 is 1.76 bits per heavy atom. The largest absolute Gasteiger partial charge is 0.478 e. The van der Waals surface area contributed by atoms with Crippen molar-refractivity contribution in [2.24, 2.45) is 0 Å². The average molecular weight is 429 g/mol. The molecule has 0 unspecified atom stereocenters. The molecular weight excluding hydrogens is 404 g/mol. The third-order valence-corrected chi connectivity index (χ3v) is 8.39. The van der Waals surface area contributed by atoms with Gasteiger partial charge in [-0.1, -0.05) is 0 Å². The van der Waals surface area contributed by atoms with E-state index in [1.165, 1.54) is 47.7 Å². The van der Waals surface area contributed by atoms with Crippen molar-refractivity contribution in [3.8, 4) is 10.6 Å². The van der Waals surface area contributed by atoms with E-state index in [-0.39, 0.29) is 12.2 Å². The Balaban J connectivity index is 1.51. The van der Waals surface area contributed by atoms with Crippen LogP contribution >= 0.6 is 22.9 Å². The fourth-order valence-corrected chi connectivity index (χ4v) is 6.69. The minimum Gasteiger partial charge on any atom is -0.478 e. The number of aliphatic carboxylic acids is 1. The second-order valence-corrected chi connectivity index (χ2v) is 10.4. The van der Waals surface area contributed by atoms with E-state index >= 15 is 0 Å². The molecule has 2 fully saturated rings. The van der Waals surface area contributed by atoms with Crippen LogP contribution in [0.15, 0.2) is 11.1 Å². The van der Waals surface area contributed by atoms with Crippen LogP contribution in [-0.4, -0.2) is 26.2 Å². The van der Waals surface area contributed by atoms with Crippen LogP contribution in [-0.2, 0) is 16.0 Å². The number of hydrogen-bond donors (Lipinski definition) is 1. The summed E-state index contributed by atoms with van der Waals surface area (Å²) in [7, 11) is 0. The lowest BCUT2D eigenvalue weighted by molar-refractivity contribution is -0.133. The molecule has 2 aromatic heterocycles. The predicted octanol–water partition coefficient (Wildman–Crippen LogP) is 5.40. The molecule has 5 nitrogen and oxygen atoms in total. The highest BCUT2D eigenvalue weighted by atomic mass is 32.1. The molecule has 0 aromatic carbocycles. The van der Waals surface area contributed by atoms with Crippen LogP contribution in [0.2, 0.25) is 0 Å². The van der Waals surface area contributed by atoms with Crippen molar-refractivity contribution in [3.63, 3.8) is 0 Å². The van der Waals surface area contributed by atoms with Gasteiger partial charge in [0.2, 0.25) is 0 Å². The zero-order chi connectivity index (χ0) is 20.1. The predicted molar refractivity (Wildman–Crippen MR) is 114 cm³/mol. The van der Waals surface area contributed by atoms with Gasteiger partial charge in [0.05, 0.1) is 0 Å². The van der Waals surface area contributed by atoms with E-state index in [4.69, 9.17) is 4.98 Å². The van der Waals surface area contributed by atoms with Gasteiger partial charge in [-0.05, 0) is 81.3 Å². The van der Waals surface area contributed by atoms with Crippen molar-refractivity contribution < 1.29 is 14.7 Å². The molecule has 0 aliphatic heterocycles. The fraction of sp³-hybridized carbons (Fsp3) is 0.545. The number of carbonyl (C=O) groups is 2. The minimum atomic E-state index is -0.937. The molecule has 152 valence electrons. The van der Waals surface area contributed by atoms with Crippen molar-refractivity contribution in [1.29, 1.82) is 0 Å². The highest BCUT2D eigenvalue weighted by Gasteiger charge is 2.33. The number of nitrogens with zero attached hydrogens (tertiary/aromatic N) is 2. The van der Waals surface area contributed by atoms with Gasteiger partial charge in [-0.3, -0.25) is 4.79 Å². The van der Waals surface area contributed by atoms with Gasteiger partial charge in [-0.2, -0.15) is 4.37 Å². The molecule has 0 radical (unpaired) electrons. The lowest BCUT2D eigenvalue weighted by Crippen LogP contribution is -2.17. The summed E-state index contributed by atoms with van der Waals surface area (Å²) in [6.45, 7) is 2.15. The van der Waals surface area contributed by atoms with Crippen molar-refractivity contribution in [1.82, 2.24) is 9.36 Å². The second kappa shape index (κ2) is 7.43. The van der Waals surface area contributed by atoms with Crippen LogP contribution in [0.25, 0.3) is 10.6 Å². The second-order valence-electron chi connectivity index (χ2n) is 8.47. The van der Waals surface area contributed by atoms with Gasteiger partial charge in [0.15, 0.2) is 5.78 Å². The maximum absolute atomic E-state index is 13.1. The SMILES string of the molecule is Cc1c(C2CC2)sc(CC(=O)C2=C(C(=O)O)CCCC2)c1-c1nc(C2CC2)ns1. The standard InChI is InChI=1S/C22H24N2O3S2/c1-11-18(21-23-20(24-29-21)13-8-9-13)17(28-19(11)12-6-7-12)10-16(25)14-4-2-3-5-15(14)22(26)27/h12-13H,2-10H2,1H3,(H,26,27). The molecule has 0 atom stereocenters. The summed E-state index contributed by atoms with van der Waals surface area (Å²) in [5, 5.41) is 10.4. The lowest BCUT2D eigenvalue weighted by atomic mass is 9.88. The first-order chi connectivity index (χ1) is 14.0. The molecule has 0 spiro atoms. The number of allylic oxidation sites excluding steroid dienone is 1. The Kier molecular flexibility index (Phi) is 4.90. The molecule has 0 bridgehead atoms. The number of hydrogen-bond acceptors (Lipinski definition) is 6. The minimum absolute atomic E-state index is 0.0288. The summed E-state index contributed by atoms with van der Waals surface area (Å²) in [4.78, 5) is 32.0. The molecule has 0 amide bonds. The third kappa shape index (κ3) is 3.70. The normalized spacial score (nSPS) is 19.6. The first-order valence-electron chi connectivity index (χ1n) is 10.5. The summed E-state index contributed by atoms with van der Waals surface area (Å²) in [5.74, 6) is 1.11. The molecule has 2 saturated carbocycles. The van der Waals surface area contributed by atoms with E-state index in [2.05, 4.69) is 11.3 Å². The maximum atomic E-state index is 13.1. The number of ketones is 1. The average Bonchev–Trinajstić information content (AvgIpc) is 3.64. The molecule has 2 aromatic rings. The van der Waals surface area contributed by atoms with Gasteiger partial charge in [0.1, 0.15) is 10.8 Å². The van der Waals surface area contributed by atoms with Gasteiger partial charge >= 0.3 is 5.97 Å². The Morgan fingerprint density at radius 3 is 2.41 bits per heavy atom. The van der Waals surface area contributed by atoms with Crippen LogP contribution < -0.4 is 0 Å². The van der Waals surface area contributed by atoms with Gasteiger partial charge in [0, 0.05) is 38.8 Å². The molecule has 5 rings (SSSR count). The van der Waals surface area contributed by atoms with E-state index in [1.807, 2.05) is 0 Å². The summed E-state index contributed by atoms with van der Waals surface area (Å²) in [5.41, 5.74) is 3.19. The molecule has 7 heteroatoms. The summed E-state index contributed by atoms with van der Waals surface area (Å²) < 4.78 is 4.57. The van der Waals surface area contributed by atoms with Crippen molar-refractivity contribution in [2.75, 3.05) is 0 Å². The molecule has 2 heterocycles. The van der Waals surface area contributed by atoms with Gasteiger partial charge in [-0.25, -0.2) is 9.78 Å². The van der Waals surface area contributed by atoms with E-state index in [1.54, 1.807) is 11.3 Å². The molecule has 29 heavy (non-hydrogen) atoms. The number of aromatic nitrogens is 2. The van der Waals surface area contributed by atoms with Crippen LogP contribution in [0.1, 0.15) is 84.3 Å². The van der Waals surface area contributed by atoms with Crippen LogP contribution in [0.4, 0.5) is 0 Å². The highest BCUT2D eigenvalue weighted by molar-refractivity contribution is 7.14. The molecule has 0 saturated heterocycles. The number of Topliss-reactive ketones (excluding diaryl/α,β-unsaturated/α-hetero) is 1. The van der Waals surface area contributed by atoms with Crippen LogP contribution in [0.5, 0.6) is 0 Å². The summed E-state index contributed by atoms with van der Waals surface area (Å²) >= 11 is 3.18. The van der Waals surface area contributed by atoms with Gasteiger partial charge in [0.25, 0.3) is 0 Å². The Labute approximate surface area is 178 Å². The topological polar surface area (TPSA) is 80.2 Å². The van der Waals surface area contributed by atoms with E-state index in [9.17, 15) is 14.7 Å². The number of carboxylic acids is 1. The zero-order valence-electron chi connectivity index (χ0n) is 16.5. The van der Waals surface area contributed by atoms with E-state index in [0.717, 1.165) is 34.1 Å². The summed E-state index contributed by atoms with van der Waals surface area (Å²) in [6, 6.07) is 0. The first-order valence-corrected chi connectivity index (χ1v) is 12.1. The Morgan fingerprint density at radius 1 is 1.07 bits per heavy atom. The quantitative estimate of drug-likeness (QED) is 0.639. The third-order valence-electron chi connectivity index (χ3n) is 6.19. The number of rotatable bonds is 7. The maximum Gasteiger partial charge on any atom is 0.331 e.